The number of aliphatic hydroxyl groups excluding tert-OH is 2. The highest BCUT2D eigenvalue weighted by molar-refractivity contribution is 4.97. The van der Waals surface area contributed by atoms with E-state index in [1.807, 2.05) is 0 Å². The molecule has 0 aromatic heterocycles. The number of rotatable bonds is 3. The normalized spacial score (nSPS) is 40.6. The molecule has 3 N–H and O–H groups in total. The Bertz CT molecular complexity index is 292. The maximum absolute atomic E-state index is 9.76. The molecule has 7 nitrogen and oxygen atoms in total. The maximum Gasteiger partial charge on any atom is 0.198 e. The first-order valence-corrected chi connectivity index (χ1v) is 4.42. The molecule has 1 unspecified atom stereocenters. The molecule has 0 aliphatic carbocycles. The predicted molar refractivity (Wildman–Crippen MR) is 50.7 cm³/mol. The molecule has 0 radical (unpaired) electrons. The lowest BCUT2D eigenvalue weighted by Crippen LogP contribution is -2.60. The van der Waals surface area contributed by atoms with Crippen molar-refractivity contribution in [3.8, 4) is 0 Å². The van der Waals surface area contributed by atoms with E-state index in [2.05, 4.69) is 16.6 Å². The second-order valence-corrected chi connectivity index (χ2v) is 3.36. The molecule has 0 aromatic rings. The molecular weight excluding hydrogens is 202 g/mol. The molecule has 0 aromatic carbocycles. The minimum Gasteiger partial charge on any atom is -0.390 e. The van der Waals surface area contributed by atoms with Crippen LogP contribution < -0.4 is 0 Å². The summed E-state index contributed by atoms with van der Waals surface area (Å²) in [6, 6.07) is -0.893. The summed E-state index contributed by atoms with van der Waals surface area (Å²) in [6.07, 6.45) is -1.53. The van der Waals surface area contributed by atoms with E-state index in [-0.39, 0.29) is 13.0 Å². The minimum atomic E-state index is -1.86. The molecule has 7 heteroatoms. The molecule has 84 valence electrons. The third kappa shape index (κ3) is 2.28. The van der Waals surface area contributed by atoms with Crippen LogP contribution in [0.25, 0.3) is 10.4 Å². The van der Waals surface area contributed by atoms with Gasteiger partial charge in [0.1, 0.15) is 6.10 Å². The Balaban J connectivity index is 2.79. The van der Waals surface area contributed by atoms with E-state index in [1.165, 1.54) is 6.08 Å². The van der Waals surface area contributed by atoms with Crippen molar-refractivity contribution in [3.05, 3.63) is 23.1 Å². The van der Waals surface area contributed by atoms with Crippen molar-refractivity contribution in [3.63, 3.8) is 0 Å². The summed E-state index contributed by atoms with van der Waals surface area (Å²) in [4.78, 5) is 2.51. The number of aliphatic hydroxyl groups is 3. The molecule has 1 saturated heterocycles. The molecule has 1 rings (SSSR count). The Hall–Kier alpha value is -1.11. The van der Waals surface area contributed by atoms with Crippen LogP contribution in [0.2, 0.25) is 0 Å². The van der Waals surface area contributed by atoms with Crippen molar-refractivity contribution >= 4 is 0 Å². The van der Waals surface area contributed by atoms with Crippen LogP contribution in [0.1, 0.15) is 6.42 Å². The summed E-state index contributed by atoms with van der Waals surface area (Å²) in [7, 11) is 0. The van der Waals surface area contributed by atoms with Crippen molar-refractivity contribution in [1.82, 2.24) is 0 Å². The van der Waals surface area contributed by atoms with Crippen molar-refractivity contribution in [2.75, 3.05) is 6.61 Å². The summed E-state index contributed by atoms with van der Waals surface area (Å²) in [5, 5.41) is 32.1. The standard InChI is InChI=1S/C8H13N3O4/c1-2-3-8(14)7(13)6(12)5(4-15-8)10-11-9/h2,5-7,12-14H,1,3-4H2/t5-,6-,7-,8?/m0/s1. The molecule has 0 amide bonds. The fourth-order valence-electron chi connectivity index (χ4n) is 1.45. The zero-order valence-corrected chi connectivity index (χ0v) is 8.02. The highest BCUT2D eigenvalue weighted by atomic mass is 16.6. The van der Waals surface area contributed by atoms with Gasteiger partial charge >= 0.3 is 0 Å². The highest BCUT2D eigenvalue weighted by Gasteiger charge is 2.47. The van der Waals surface area contributed by atoms with Gasteiger partial charge in [0.15, 0.2) is 5.79 Å². The summed E-state index contributed by atoms with van der Waals surface area (Å²) in [5.41, 5.74) is 8.19. The van der Waals surface area contributed by atoms with E-state index < -0.39 is 24.0 Å². The minimum absolute atomic E-state index is 0.0196. The van der Waals surface area contributed by atoms with Crippen molar-refractivity contribution < 1.29 is 20.1 Å². The highest BCUT2D eigenvalue weighted by Crippen LogP contribution is 2.28. The van der Waals surface area contributed by atoms with Crippen molar-refractivity contribution in [2.45, 2.75) is 30.5 Å². The van der Waals surface area contributed by atoms with Crippen LogP contribution in [0.15, 0.2) is 17.8 Å². The van der Waals surface area contributed by atoms with Gasteiger partial charge in [-0.1, -0.05) is 11.2 Å². The Morgan fingerprint density at radius 1 is 1.67 bits per heavy atom. The summed E-state index contributed by atoms with van der Waals surface area (Å²) in [6.45, 7) is 3.25. The van der Waals surface area contributed by atoms with Crippen molar-refractivity contribution in [1.29, 1.82) is 0 Å². The Kier molecular flexibility index (Phi) is 3.67. The quantitative estimate of drug-likeness (QED) is 0.259. The van der Waals surface area contributed by atoms with E-state index in [9.17, 15) is 15.3 Å². The van der Waals surface area contributed by atoms with Gasteiger partial charge in [-0.2, -0.15) is 0 Å². The summed E-state index contributed by atoms with van der Waals surface area (Å²) in [5.74, 6) is -1.86. The number of ether oxygens (including phenoxy) is 1. The Labute approximate surface area is 86.2 Å². The molecule has 0 bridgehead atoms. The van der Waals surface area contributed by atoms with Crippen LogP contribution in [0.5, 0.6) is 0 Å². The molecule has 15 heavy (non-hydrogen) atoms. The monoisotopic (exact) mass is 215 g/mol. The van der Waals surface area contributed by atoms with E-state index in [4.69, 9.17) is 10.3 Å². The molecule has 1 fully saturated rings. The maximum atomic E-state index is 9.76. The lowest BCUT2D eigenvalue weighted by Gasteiger charge is -2.41. The van der Waals surface area contributed by atoms with E-state index in [1.54, 1.807) is 0 Å². The van der Waals surface area contributed by atoms with Gasteiger partial charge in [-0.15, -0.1) is 6.58 Å². The average molecular weight is 215 g/mol. The molecular formula is C8H13N3O4. The third-order valence-electron chi connectivity index (χ3n) is 2.32. The second-order valence-electron chi connectivity index (χ2n) is 3.36. The van der Waals surface area contributed by atoms with E-state index in [0.717, 1.165) is 0 Å². The number of hydrogen-bond acceptors (Lipinski definition) is 5. The van der Waals surface area contributed by atoms with Gasteiger partial charge < -0.3 is 20.1 Å². The lowest BCUT2D eigenvalue weighted by atomic mass is 9.93. The van der Waals surface area contributed by atoms with E-state index >= 15 is 0 Å². The van der Waals surface area contributed by atoms with Crippen molar-refractivity contribution in [2.24, 2.45) is 5.11 Å². The van der Waals surface area contributed by atoms with Gasteiger partial charge in [-0.3, -0.25) is 0 Å². The predicted octanol–water partition coefficient (Wildman–Crippen LogP) is -0.318. The summed E-state index contributed by atoms with van der Waals surface area (Å²) < 4.78 is 4.96. The molecule has 1 aliphatic rings. The van der Waals surface area contributed by atoms with Crippen LogP contribution in [0, 0.1) is 0 Å². The van der Waals surface area contributed by atoms with Gasteiger partial charge in [0.2, 0.25) is 0 Å². The van der Waals surface area contributed by atoms with Crippen LogP contribution >= 0.6 is 0 Å². The SMILES string of the molecule is C=CCC1(O)OC[C@H](N=[N+]=[N-])[C@H](O)[C@@H]1O. The van der Waals surface area contributed by atoms with Crippen LogP contribution in [0.4, 0.5) is 0 Å². The van der Waals surface area contributed by atoms with E-state index in [0.29, 0.717) is 0 Å². The van der Waals surface area contributed by atoms with Gasteiger partial charge in [-0.05, 0) is 5.53 Å². The van der Waals surface area contributed by atoms with Crippen LogP contribution in [-0.4, -0.2) is 46.0 Å². The Morgan fingerprint density at radius 2 is 2.33 bits per heavy atom. The fourth-order valence-corrected chi connectivity index (χ4v) is 1.45. The largest absolute Gasteiger partial charge is 0.390 e. The zero-order valence-electron chi connectivity index (χ0n) is 8.02. The lowest BCUT2D eigenvalue weighted by molar-refractivity contribution is -0.301. The molecule has 1 heterocycles. The van der Waals surface area contributed by atoms with Gasteiger partial charge in [0.05, 0.1) is 18.8 Å². The summed E-state index contributed by atoms with van der Waals surface area (Å²) >= 11 is 0. The Morgan fingerprint density at radius 3 is 2.87 bits per heavy atom. The first kappa shape index (κ1) is 12.0. The molecule has 0 saturated carbocycles. The second kappa shape index (κ2) is 4.61. The smallest absolute Gasteiger partial charge is 0.198 e. The first-order chi connectivity index (χ1) is 7.05. The van der Waals surface area contributed by atoms with Gasteiger partial charge in [-0.25, -0.2) is 0 Å². The average Bonchev–Trinajstić information content (AvgIpc) is 2.20. The number of nitrogens with zero attached hydrogens (tertiary/aromatic N) is 3. The number of hydrogen-bond donors (Lipinski definition) is 3. The molecule has 1 aliphatic heterocycles. The van der Waals surface area contributed by atoms with Gasteiger partial charge in [0, 0.05) is 11.3 Å². The topological polar surface area (TPSA) is 119 Å². The molecule has 4 atom stereocenters. The molecule has 0 spiro atoms. The first-order valence-electron chi connectivity index (χ1n) is 4.42. The van der Waals surface area contributed by atoms with Crippen LogP contribution in [-0.2, 0) is 4.74 Å². The number of azide groups is 1. The third-order valence-corrected chi connectivity index (χ3v) is 2.32. The van der Waals surface area contributed by atoms with Gasteiger partial charge in [0.25, 0.3) is 0 Å². The zero-order chi connectivity index (χ0) is 11.5. The fraction of sp³-hybridized carbons (Fsp3) is 0.750. The van der Waals surface area contributed by atoms with Crippen LogP contribution in [0.3, 0.4) is 0 Å².